The van der Waals surface area contributed by atoms with Crippen molar-refractivity contribution in [1.29, 1.82) is 5.26 Å². The minimum atomic E-state index is 0.682. The van der Waals surface area contributed by atoms with Crippen LogP contribution in [-0.2, 0) is 0 Å². The number of hydrogen-bond acceptors (Lipinski definition) is 3. The van der Waals surface area contributed by atoms with Gasteiger partial charge in [0, 0.05) is 18.1 Å². The Kier molecular flexibility index (Phi) is 7.43. The van der Waals surface area contributed by atoms with Gasteiger partial charge in [-0.25, -0.2) is 0 Å². The summed E-state index contributed by atoms with van der Waals surface area (Å²) in [6, 6.07) is 7.71. The monoisotopic (exact) mass is 293 g/mol. The summed E-state index contributed by atoms with van der Waals surface area (Å²) in [5.41, 5.74) is 1.64. The number of benzene rings is 1. The van der Waals surface area contributed by atoms with Gasteiger partial charge in [0.1, 0.15) is 6.07 Å². The molecule has 20 heavy (non-hydrogen) atoms. The fourth-order valence-corrected chi connectivity index (χ4v) is 2.50. The van der Waals surface area contributed by atoms with Crippen molar-refractivity contribution in [1.82, 2.24) is 4.90 Å². The summed E-state index contributed by atoms with van der Waals surface area (Å²) in [6.45, 7) is 11.6. The molecule has 0 aliphatic rings. The molecule has 0 radical (unpaired) electrons. The molecule has 0 heterocycles. The zero-order chi connectivity index (χ0) is 15.0. The molecule has 3 nitrogen and oxygen atoms in total. The lowest BCUT2D eigenvalue weighted by atomic mass is 10.1. The van der Waals surface area contributed by atoms with E-state index in [-0.39, 0.29) is 0 Å². The predicted octanol–water partition coefficient (Wildman–Crippen LogP) is 3.77. The summed E-state index contributed by atoms with van der Waals surface area (Å²) >= 11 is 6.06. The lowest BCUT2D eigenvalue weighted by molar-refractivity contribution is 0.301. The topological polar surface area (TPSA) is 30.3 Å². The molecular weight excluding hydrogens is 270 g/mol. The van der Waals surface area contributed by atoms with Crippen LogP contribution in [-0.4, -0.2) is 37.6 Å². The standard InChI is InChI=1S/C16H24ClN3/c1-4-19(5-2)10-7-11-20(6-3)16-12-15(17)9-8-14(16)13-18/h8-9,12H,4-7,10-11H2,1-3H3. The first-order valence-electron chi connectivity index (χ1n) is 7.33. The van der Waals surface area contributed by atoms with Crippen LogP contribution in [0.25, 0.3) is 0 Å². The van der Waals surface area contributed by atoms with Gasteiger partial charge in [0.25, 0.3) is 0 Å². The Hall–Kier alpha value is -1.24. The molecule has 0 aliphatic heterocycles. The molecule has 0 aliphatic carbocycles. The van der Waals surface area contributed by atoms with Gasteiger partial charge in [0.15, 0.2) is 0 Å². The highest BCUT2D eigenvalue weighted by Gasteiger charge is 2.11. The smallest absolute Gasteiger partial charge is 0.101 e. The summed E-state index contributed by atoms with van der Waals surface area (Å²) in [6.07, 6.45) is 1.09. The molecule has 0 spiro atoms. The number of nitrogens with zero attached hydrogens (tertiary/aromatic N) is 3. The number of nitriles is 1. The van der Waals surface area contributed by atoms with E-state index in [1.54, 1.807) is 12.1 Å². The fraction of sp³-hybridized carbons (Fsp3) is 0.562. The van der Waals surface area contributed by atoms with E-state index < -0.39 is 0 Å². The van der Waals surface area contributed by atoms with Crippen molar-refractivity contribution in [3.8, 4) is 6.07 Å². The van der Waals surface area contributed by atoms with Crippen LogP contribution in [0.2, 0.25) is 5.02 Å². The molecule has 0 saturated heterocycles. The van der Waals surface area contributed by atoms with Crippen molar-refractivity contribution >= 4 is 17.3 Å². The fourth-order valence-electron chi connectivity index (χ4n) is 2.33. The predicted molar refractivity (Wildman–Crippen MR) is 86.5 cm³/mol. The summed E-state index contributed by atoms with van der Waals surface area (Å²) in [4.78, 5) is 4.64. The van der Waals surface area contributed by atoms with Crippen molar-refractivity contribution in [2.45, 2.75) is 27.2 Å². The second kappa shape index (κ2) is 8.84. The molecule has 0 fully saturated rings. The van der Waals surface area contributed by atoms with Gasteiger partial charge in [-0.2, -0.15) is 5.26 Å². The molecule has 1 rings (SSSR count). The highest BCUT2D eigenvalue weighted by atomic mass is 35.5. The molecule has 0 aromatic heterocycles. The van der Waals surface area contributed by atoms with Gasteiger partial charge in [-0.1, -0.05) is 25.4 Å². The van der Waals surface area contributed by atoms with Gasteiger partial charge in [0.05, 0.1) is 11.3 Å². The maximum atomic E-state index is 9.22. The molecule has 0 amide bonds. The molecule has 0 unspecified atom stereocenters. The first-order valence-corrected chi connectivity index (χ1v) is 7.70. The van der Waals surface area contributed by atoms with Crippen molar-refractivity contribution in [3.63, 3.8) is 0 Å². The number of anilines is 1. The van der Waals surface area contributed by atoms with E-state index in [9.17, 15) is 5.26 Å². The number of hydrogen-bond donors (Lipinski definition) is 0. The van der Waals surface area contributed by atoms with Gasteiger partial charge in [-0.15, -0.1) is 0 Å². The average molecular weight is 294 g/mol. The molecule has 110 valence electrons. The van der Waals surface area contributed by atoms with Crippen LogP contribution in [0.1, 0.15) is 32.8 Å². The lowest BCUT2D eigenvalue weighted by Crippen LogP contribution is -2.30. The quantitative estimate of drug-likeness (QED) is 0.731. The zero-order valence-corrected chi connectivity index (χ0v) is 13.5. The van der Waals surface area contributed by atoms with Crippen molar-refractivity contribution in [2.75, 3.05) is 37.6 Å². The molecule has 1 aromatic rings. The van der Waals surface area contributed by atoms with Gasteiger partial charge >= 0.3 is 0 Å². The average Bonchev–Trinajstić information content (AvgIpc) is 2.47. The Morgan fingerprint density at radius 1 is 1.10 bits per heavy atom. The Balaban J connectivity index is 2.71. The number of rotatable bonds is 8. The first kappa shape index (κ1) is 16.8. The van der Waals surface area contributed by atoms with Crippen LogP contribution in [0.3, 0.4) is 0 Å². The number of halogens is 1. The molecular formula is C16H24ClN3. The molecule has 0 atom stereocenters. The molecule has 1 aromatic carbocycles. The largest absolute Gasteiger partial charge is 0.371 e. The van der Waals surface area contributed by atoms with E-state index in [1.165, 1.54) is 0 Å². The first-order chi connectivity index (χ1) is 9.65. The lowest BCUT2D eigenvalue weighted by Gasteiger charge is -2.26. The Labute approximate surface area is 127 Å². The van der Waals surface area contributed by atoms with Crippen molar-refractivity contribution in [2.24, 2.45) is 0 Å². The summed E-state index contributed by atoms with van der Waals surface area (Å²) in [5.74, 6) is 0. The normalized spacial score (nSPS) is 10.6. The van der Waals surface area contributed by atoms with Gasteiger partial charge in [0.2, 0.25) is 0 Å². The van der Waals surface area contributed by atoms with E-state index in [0.717, 1.165) is 44.8 Å². The van der Waals surface area contributed by atoms with Crippen molar-refractivity contribution < 1.29 is 0 Å². The zero-order valence-electron chi connectivity index (χ0n) is 12.7. The highest BCUT2D eigenvalue weighted by Crippen LogP contribution is 2.24. The summed E-state index contributed by atoms with van der Waals surface area (Å²) < 4.78 is 0. The van der Waals surface area contributed by atoms with Crippen LogP contribution in [0.5, 0.6) is 0 Å². The summed E-state index contributed by atoms with van der Waals surface area (Å²) in [7, 11) is 0. The van der Waals surface area contributed by atoms with Crippen LogP contribution in [0.4, 0.5) is 5.69 Å². The minimum Gasteiger partial charge on any atom is -0.371 e. The molecule has 4 heteroatoms. The maximum Gasteiger partial charge on any atom is 0.101 e. The second-order valence-corrected chi connectivity index (χ2v) is 5.17. The second-order valence-electron chi connectivity index (χ2n) is 4.73. The third kappa shape index (κ3) is 4.70. The van der Waals surface area contributed by atoms with E-state index in [4.69, 9.17) is 11.6 Å². The maximum absolute atomic E-state index is 9.22. The van der Waals surface area contributed by atoms with Crippen LogP contribution < -0.4 is 4.90 Å². The van der Waals surface area contributed by atoms with E-state index in [0.29, 0.717) is 10.6 Å². The van der Waals surface area contributed by atoms with E-state index in [1.807, 2.05) is 6.07 Å². The van der Waals surface area contributed by atoms with Crippen LogP contribution in [0, 0.1) is 11.3 Å². The van der Waals surface area contributed by atoms with Crippen LogP contribution >= 0.6 is 11.6 Å². The van der Waals surface area contributed by atoms with E-state index in [2.05, 4.69) is 36.6 Å². The molecule has 0 N–H and O–H groups in total. The SMILES string of the molecule is CCN(CC)CCCN(CC)c1cc(Cl)ccc1C#N. The molecule has 0 bridgehead atoms. The van der Waals surface area contributed by atoms with Gasteiger partial charge in [-0.3, -0.25) is 0 Å². The minimum absolute atomic E-state index is 0.682. The van der Waals surface area contributed by atoms with Gasteiger partial charge in [-0.05, 0) is 51.2 Å². The highest BCUT2D eigenvalue weighted by molar-refractivity contribution is 6.30. The van der Waals surface area contributed by atoms with Gasteiger partial charge < -0.3 is 9.80 Å². The Bertz CT molecular complexity index is 450. The molecule has 0 saturated carbocycles. The Morgan fingerprint density at radius 2 is 1.80 bits per heavy atom. The third-order valence-electron chi connectivity index (χ3n) is 3.60. The van der Waals surface area contributed by atoms with Crippen molar-refractivity contribution in [3.05, 3.63) is 28.8 Å². The van der Waals surface area contributed by atoms with E-state index >= 15 is 0 Å². The Morgan fingerprint density at radius 3 is 2.35 bits per heavy atom. The van der Waals surface area contributed by atoms with Crippen LogP contribution in [0.15, 0.2) is 18.2 Å². The summed E-state index contributed by atoms with van der Waals surface area (Å²) in [5, 5.41) is 9.90. The third-order valence-corrected chi connectivity index (χ3v) is 3.83.